The quantitative estimate of drug-likeness (QED) is 0.0263. The summed E-state index contributed by atoms with van der Waals surface area (Å²) in [5, 5.41) is 0. The molecule has 0 amide bonds. The fraction of sp³-hybridized carbons (Fsp3) is 0.764. The summed E-state index contributed by atoms with van der Waals surface area (Å²) >= 11 is 0. The summed E-state index contributed by atoms with van der Waals surface area (Å²) in [5.41, 5.74) is 0. The molecule has 0 N–H and O–H groups in total. The van der Waals surface area contributed by atoms with Gasteiger partial charge in [-0.1, -0.05) is 261 Å². The summed E-state index contributed by atoms with van der Waals surface area (Å²) in [4.78, 5) is 37.9. The zero-order valence-corrected chi connectivity index (χ0v) is 40.2. The topological polar surface area (TPSA) is 78.9 Å². The molecule has 61 heavy (non-hydrogen) atoms. The number of hydrogen-bond donors (Lipinski definition) is 0. The maximum Gasteiger partial charge on any atom is 0.306 e. The van der Waals surface area contributed by atoms with Gasteiger partial charge in [-0.15, -0.1) is 0 Å². The number of rotatable bonds is 46. The zero-order valence-electron chi connectivity index (χ0n) is 40.2. The van der Waals surface area contributed by atoms with E-state index in [9.17, 15) is 14.4 Å². The average molecular weight is 853 g/mol. The minimum Gasteiger partial charge on any atom is -0.462 e. The fourth-order valence-corrected chi connectivity index (χ4v) is 7.30. The molecule has 0 aromatic carbocycles. The second-order valence-corrected chi connectivity index (χ2v) is 17.2. The van der Waals surface area contributed by atoms with Gasteiger partial charge in [0, 0.05) is 19.3 Å². The molecule has 0 aromatic rings. The number of allylic oxidation sites excluding steroid dienone is 10. The van der Waals surface area contributed by atoms with Crippen LogP contribution in [0.2, 0.25) is 0 Å². The molecule has 1 atom stereocenters. The van der Waals surface area contributed by atoms with E-state index in [0.717, 1.165) is 51.4 Å². The summed E-state index contributed by atoms with van der Waals surface area (Å²) < 4.78 is 16.7. The highest BCUT2D eigenvalue weighted by atomic mass is 16.6. The van der Waals surface area contributed by atoms with Crippen molar-refractivity contribution in [3.05, 3.63) is 60.8 Å². The number of esters is 3. The van der Waals surface area contributed by atoms with Crippen LogP contribution in [0.5, 0.6) is 0 Å². The van der Waals surface area contributed by atoms with Crippen LogP contribution in [0.4, 0.5) is 0 Å². The summed E-state index contributed by atoms with van der Waals surface area (Å²) in [6, 6.07) is 0. The molecule has 0 saturated heterocycles. The van der Waals surface area contributed by atoms with Crippen LogP contribution in [0.3, 0.4) is 0 Å². The predicted molar refractivity (Wildman–Crippen MR) is 261 cm³/mol. The van der Waals surface area contributed by atoms with Crippen molar-refractivity contribution in [1.82, 2.24) is 0 Å². The van der Waals surface area contributed by atoms with Gasteiger partial charge in [0.25, 0.3) is 0 Å². The van der Waals surface area contributed by atoms with Gasteiger partial charge in [-0.05, 0) is 32.1 Å². The van der Waals surface area contributed by atoms with Crippen molar-refractivity contribution in [2.45, 2.75) is 258 Å². The molecule has 0 spiro atoms. The van der Waals surface area contributed by atoms with Crippen molar-refractivity contribution in [3.63, 3.8) is 0 Å². The van der Waals surface area contributed by atoms with Gasteiger partial charge in [0.15, 0.2) is 6.10 Å². The molecule has 0 saturated carbocycles. The molecule has 0 rings (SSSR count). The van der Waals surface area contributed by atoms with Crippen molar-refractivity contribution >= 4 is 17.9 Å². The van der Waals surface area contributed by atoms with Crippen LogP contribution < -0.4 is 0 Å². The van der Waals surface area contributed by atoms with Crippen LogP contribution in [0, 0.1) is 0 Å². The van der Waals surface area contributed by atoms with E-state index >= 15 is 0 Å². The lowest BCUT2D eigenvalue weighted by molar-refractivity contribution is -0.167. The van der Waals surface area contributed by atoms with E-state index in [4.69, 9.17) is 14.2 Å². The Morgan fingerprint density at radius 2 is 0.639 bits per heavy atom. The fourth-order valence-electron chi connectivity index (χ4n) is 7.30. The number of ether oxygens (including phenoxy) is 3. The van der Waals surface area contributed by atoms with E-state index in [-0.39, 0.29) is 37.5 Å². The second-order valence-electron chi connectivity index (χ2n) is 17.2. The van der Waals surface area contributed by atoms with Crippen LogP contribution in [0.15, 0.2) is 60.8 Å². The Morgan fingerprint density at radius 1 is 0.344 bits per heavy atom. The Morgan fingerprint density at radius 3 is 1.00 bits per heavy atom. The molecule has 1 unspecified atom stereocenters. The van der Waals surface area contributed by atoms with E-state index in [0.29, 0.717) is 19.3 Å². The SMILES string of the molecule is CC\C=C/C=C\C=C/C=C\C=C/CCCC(=O)OCC(COC(=O)CCCCCCCCCCCCCCCCC)OC(=O)CCCCCCCCCCCCCCCCC. The van der Waals surface area contributed by atoms with Gasteiger partial charge in [-0.2, -0.15) is 0 Å². The summed E-state index contributed by atoms with van der Waals surface area (Å²) in [6.07, 6.45) is 60.7. The number of carbonyl (C=O) groups excluding carboxylic acids is 3. The summed E-state index contributed by atoms with van der Waals surface area (Å²) in [6.45, 7) is 6.45. The number of unbranched alkanes of at least 4 members (excludes halogenated alkanes) is 29. The Balaban J connectivity index is 4.44. The highest BCUT2D eigenvalue weighted by Crippen LogP contribution is 2.16. The Labute approximate surface area is 377 Å². The molecule has 0 fully saturated rings. The van der Waals surface area contributed by atoms with Crippen molar-refractivity contribution < 1.29 is 28.6 Å². The van der Waals surface area contributed by atoms with Crippen LogP contribution in [0.1, 0.15) is 252 Å². The third kappa shape index (κ3) is 48.0. The van der Waals surface area contributed by atoms with Crippen molar-refractivity contribution in [2.24, 2.45) is 0 Å². The van der Waals surface area contributed by atoms with Gasteiger partial charge >= 0.3 is 17.9 Å². The number of hydrogen-bond acceptors (Lipinski definition) is 6. The van der Waals surface area contributed by atoms with Gasteiger partial charge in [0.1, 0.15) is 13.2 Å². The van der Waals surface area contributed by atoms with Crippen molar-refractivity contribution in [3.8, 4) is 0 Å². The molecule has 0 aliphatic rings. The standard InChI is InChI=1S/C55H96O6/c1-4-7-10-13-16-19-22-25-27-30-33-36-39-42-45-48-54(57)60-51-52(50-59-53(56)47-44-41-38-35-32-29-24-21-18-15-12-9-6-3)61-55(58)49-46-43-40-37-34-31-28-26-23-20-17-14-11-8-5-2/h9,12,15,18,21,24,29,32,35,38,52H,4-8,10-11,13-14,16-17,19-20,22-23,25-28,30-31,33-34,36-37,39-51H2,1-3H3/b12-9-,18-15-,24-21-,32-29-,38-35-. The maximum atomic E-state index is 12.8. The summed E-state index contributed by atoms with van der Waals surface area (Å²) in [5.74, 6) is -0.962. The van der Waals surface area contributed by atoms with E-state index in [1.165, 1.54) is 154 Å². The van der Waals surface area contributed by atoms with Crippen LogP contribution in [-0.4, -0.2) is 37.2 Å². The Bertz CT molecular complexity index is 1120. The van der Waals surface area contributed by atoms with E-state index in [2.05, 4.69) is 26.8 Å². The summed E-state index contributed by atoms with van der Waals surface area (Å²) in [7, 11) is 0. The Kier molecular flexibility index (Phi) is 47.4. The van der Waals surface area contributed by atoms with Gasteiger partial charge in [0.2, 0.25) is 0 Å². The molecule has 0 radical (unpaired) electrons. The van der Waals surface area contributed by atoms with Crippen LogP contribution >= 0.6 is 0 Å². The molecular formula is C55H96O6. The predicted octanol–water partition coefficient (Wildman–Crippen LogP) is 16.9. The van der Waals surface area contributed by atoms with Crippen molar-refractivity contribution in [1.29, 1.82) is 0 Å². The molecule has 0 aromatic heterocycles. The molecular weight excluding hydrogens is 757 g/mol. The van der Waals surface area contributed by atoms with Crippen molar-refractivity contribution in [2.75, 3.05) is 13.2 Å². The highest BCUT2D eigenvalue weighted by molar-refractivity contribution is 5.71. The van der Waals surface area contributed by atoms with Crippen LogP contribution in [-0.2, 0) is 28.6 Å². The minimum absolute atomic E-state index is 0.0931. The first-order chi connectivity index (χ1) is 30.0. The Hall–Kier alpha value is -2.89. The lowest BCUT2D eigenvalue weighted by Gasteiger charge is -2.18. The van der Waals surface area contributed by atoms with E-state index < -0.39 is 6.10 Å². The molecule has 0 heterocycles. The second kappa shape index (κ2) is 49.8. The largest absolute Gasteiger partial charge is 0.462 e. The van der Waals surface area contributed by atoms with Gasteiger partial charge in [0.05, 0.1) is 0 Å². The highest BCUT2D eigenvalue weighted by Gasteiger charge is 2.19. The monoisotopic (exact) mass is 853 g/mol. The smallest absolute Gasteiger partial charge is 0.306 e. The van der Waals surface area contributed by atoms with E-state index in [1.54, 1.807) is 0 Å². The van der Waals surface area contributed by atoms with E-state index in [1.807, 2.05) is 54.7 Å². The molecule has 0 aliphatic heterocycles. The first-order valence-corrected chi connectivity index (χ1v) is 25.9. The van der Waals surface area contributed by atoms with Gasteiger partial charge in [-0.3, -0.25) is 14.4 Å². The van der Waals surface area contributed by atoms with Gasteiger partial charge < -0.3 is 14.2 Å². The third-order valence-corrected chi connectivity index (χ3v) is 11.2. The van der Waals surface area contributed by atoms with Gasteiger partial charge in [-0.25, -0.2) is 0 Å². The molecule has 6 nitrogen and oxygen atoms in total. The third-order valence-electron chi connectivity index (χ3n) is 11.2. The zero-order chi connectivity index (χ0) is 44.4. The molecule has 6 heteroatoms. The first-order valence-electron chi connectivity index (χ1n) is 25.9. The molecule has 0 aliphatic carbocycles. The lowest BCUT2D eigenvalue weighted by Crippen LogP contribution is -2.30. The molecule has 352 valence electrons. The maximum absolute atomic E-state index is 12.8. The van der Waals surface area contributed by atoms with Crippen LogP contribution in [0.25, 0.3) is 0 Å². The average Bonchev–Trinajstić information content (AvgIpc) is 3.26. The lowest BCUT2D eigenvalue weighted by atomic mass is 10.0. The molecule has 0 bridgehead atoms. The normalized spacial score (nSPS) is 12.5. The minimum atomic E-state index is -0.798. The first kappa shape index (κ1) is 58.1. The number of carbonyl (C=O) groups is 3.